The van der Waals surface area contributed by atoms with Crippen molar-refractivity contribution in [2.24, 2.45) is 0 Å². The Labute approximate surface area is 144 Å². The molecule has 4 heteroatoms. The monoisotopic (exact) mass is 329 g/mol. The lowest BCUT2D eigenvalue weighted by atomic mass is 10.1. The Balaban J connectivity index is 1.70. The van der Waals surface area contributed by atoms with Gasteiger partial charge in [-0.3, -0.25) is 4.79 Å². The van der Waals surface area contributed by atoms with E-state index >= 15 is 0 Å². The summed E-state index contributed by atoms with van der Waals surface area (Å²) in [5, 5.41) is 0. The molecular weight excluding hydrogens is 302 g/mol. The molecule has 0 aliphatic carbocycles. The van der Waals surface area contributed by atoms with Crippen molar-refractivity contribution in [2.75, 3.05) is 13.1 Å². The lowest BCUT2D eigenvalue weighted by molar-refractivity contribution is -0.127. The molecule has 2 aromatic rings. The molecule has 0 N–H and O–H groups in total. The van der Waals surface area contributed by atoms with Crippen LogP contribution >= 0.6 is 0 Å². The number of hydrogen-bond acceptors (Lipinski definition) is 3. The molecule has 2 rings (SSSR count). The van der Waals surface area contributed by atoms with Crippen LogP contribution < -0.4 is 0 Å². The molecule has 130 valence electrons. The SMILES string of the molecule is C=C(C)C(=O)N(CCCCc1ccco1)CCCCc1ccco1. The Hall–Kier alpha value is -2.23. The molecule has 24 heavy (non-hydrogen) atoms. The maximum Gasteiger partial charge on any atom is 0.248 e. The summed E-state index contributed by atoms with van der Waals surface area (Å²) in [4.78, 5) is 14.2. The third kappa shape index (κ3) is 6.11. The van der Waals surface area contributed by atoms with E-state index in [1.807, 2.05) is 29.2 Å². The molecule has 0 aliphatic heterocycles. The largest absolute Gasteiger partial charge is 0.469 e. The molecule has 0 spiro atoms. The van der Waals surface area contributed by atoms with Crippen LogP contribution in [0.25, 0.3) is 0 Å². The third-order valence-electron chi connectivity index (χ3n) is 4.01. The average Bonchev–Trinajstić information content (AvgIpc) is 3.26. The molecule has 0 fully saturated rings. The van der Waals surface area contributed by atoms with Crippen LogP contribution in [0, 0.1) is 0 Å². The molecule has 0 aliphatic rings. The van der Waals surface area contributed by atoms with Gasteiger partial charge in [-0.1, -0.05) is 6.58 Å². The summed E-state index contributed by atoms with van der Waals surface area (Å²) in [6, 6.07) is 7.80. The van der Waals surface area contributed by atoms with E-state index in [1.54, 1.807) is 19.5 Å². The number of carbonyl (C=O) groups excluding carboxylic acids is 1. The fourth-order valence-electron chi connectivity index (χ4n) is 2.70. The van der Waals surface area contributed by atoms with Crippen LogP contribution in [-0.2, 0) is 17.6 Å². The van der Waals surface area contributed by atoms with Crippen LogP contribution in [0.5, 0.6) is 0 Å². The summed E-state index contributed by atoms with van der Waals surface area (Å²) in [7, 11) is 0. The van der Waals surface area contributed by atoms with Crippen molar-refractivity contribution in [3.63, 3.8) is 0 Å². The van der Waals surface area contributed by atoms with Gasteiger partial charge in [-0.2, -0.15) is 0 Å². The zero-order chi connectivity index (χ0) is 17.2. The lowest BCUT2D eigenvalue weighted by Crippen LogP contribution is -2.33. The van der Waals surface area contributed by atoms with Gasteiger partial charge in [0.2, 0.25) is 5.91 Å². The number of amides is 1. The van der Waals surface area contributed by atoms with Crippen molar-refractivity contribution >= 4 is 5.91 Å². The average molecular weight is 329 g/mol. The Morgan fingerprint density at radius 1 is 0.958 bits per heavy atom. The summed E-state index contributed by atoms with van der Waals surface area (Å²) in [5.74, 6) is 2.07. The number of aryl methyl sites for hydroxylation is 2. The molecule has 0 saturated carbocycles. The van der Waals surface area contributed by atoms with Crippen molar-refractivity contribution in [1.82, 2.24) is 4.90 Å². The number of hydrogen-bond donors (Lipinski definition) is 0. The van der Waals surface area contributed by atoms with Crippen LogP contribution in [0.1, 0.15) is 44.1 Å². The molecule has 0 saturated heterocycles. The second-order valence-corrected chi connectivity index (χ2v) is 6.15. The van der Waals surface area contributed by atoms with Crippen LogP contribution in [0.4, 0.5) is 0 Å². The first-order valence-electron chi connectivity index (χ1n) is 8.66. The van der Waals surface area contributed by atoms with E-state index in [-0.39, 0.29) is 5.91 Å². The Morgan fingerprint density at radius 3 is 1.83 bits per heavy atom. The second kappa shape index (κ2) is 9.81. The molecule has 0 aromatic carbocycles. The first-order chi connectivity index (χ1) is 11.7. The number of nitrogens with zero attached hydrogens (tertiary/aromatic N) is 1. The Kier molecular flexibility index (Phi) is 7.40. The molecule has 2 aromatic heterocycles. The highest BCUT2D eigenvalue weighted by Crippen LogP contribution is 2.10. The molecule has 0 bridgehead atoms. The van der Waals surface area contributed by atoms with E-state index in [9.17, 15) is 4.79 Å². The van der Waals surface area contributed by atoms with E-state index < -0.39 is 0 Å². The highest BCUT2D eigenvalue weighted by Gasteiger charge is 2.13. The topological polar surface area (TPSA) is 46.6 Å². The van der Waals surface area contributed by atoms with Crippen molar-refractivity contribution in [3.8, 4) is 0 Å². The van der Waals surface area contributed by atoms with Gasteiger partial charge in [-0.25, -0.2) is 0 Å². The minimum Gasteiger partial charge on any atom is -0.469 e. The van der Waals surface area contributed by atoms with Gasteiger partial charge in [-0.15, -0.1) is 0 Å². The number of rotatable bonds is 11. The Bertz CT molecular complexity index is 557. The summed E-state index contributed by atoms with van der Waals surface area (Å²) in [6.45, 7) is 7.11. The zero-order valence-corrected chi connectivity index (χ0v) is 14.5. The predicted octanol–water partition coefficient (Wildman–Crippen LogP) is 4.62. The summed E-state index contributed by atoms with van der Waals surface area (Å²) in [5.41, 5.74) is 0.604. The standard InChI is InChI=1S/C20H27NO3/c1-17(2)20(22)21(13-5-3-9-18-11-7-15-23-18)14-6-4-10-19-12-8-16-24-19/h7-8,11-12,15-16H,1,3-6,9-10,13-14H2,2H3. The van der Waals surface area contributed by atoms with Crippen LogP contribution in [0.15, 0.2) is 57.8 Å². The first kappa shape index (κ1) is 18.1. The van der Waals surface area contributed by atoms with Crippen molar-refractivity contribution in [2.45, 2.75) is 45.4 Å². The smallest absolute Gasteiger partial charge is 0.248 e. The molecule has 0 radical (unpaired) electrons. The van der Waals surface area contributed by atoms with Gasteiger partial charge < -0.3 is 13.7 Å². The summed E-state index contributed by atoms with van der Waals surface area (Å²) in [6.07, 6.45) is 9.20. The van der Waals surface area contributed by atoms with Crippen LogP contribution in [0.3, 0.4) is 0 Å². The lowest BCUT2D eigenvalue weighted by Gasteiger charge is -2.22. The predicted molar refractivity (Wildman–Crippen MR) is 94.7 cm³/mol. The van der Waals surface area contributed by atoms with E-state index in [1.165, 1.54) is 0 Å². The fraction of sp³-hybridized carbons (Fsp3) is 0.450. The maximum atomic E-state index is 12.3. The van der Waals surface area contributed by atoms with Crippen molar-refractivity contribution < 1.29 is 13.6 Å². The molecule has 0 unspecified atom stereocenters. The van der Waals surface area contributed by atoms with E-state index in [0.29, 0.717) is 5.57 Å². The van der Waals surface area contributed by atoms with Gasteiger partial charge in [0.05, 0.1) is 12.5 Å². The fourth-order valence-corrected chi connectivity index (χ4v) is 2.70. The molecule has 0 atom stereocenters. The summed E-state index contributed by atoms with van der Waals surface area (Å²) < 4.78 is 10.7. The minimum atomic E-state index is 0.0611. The van der Waals surface area contributed by atoms with E-state index in [0.717, 1.165) is 63.1 Å². The van der Waals surface area contributed by atoms with Gasteiger partial charge in [0.15, 0.2) is 0 Å². The van der Waals surface area contributed by atoms with Gasteiger partial charge in [-0.05, 0) is 56.9 Å². The first-order valence-corrected chi connectivity index (χ1v) is 8.66. The number of unbranched alkanes of at least 4 members (excludes halogenated alkanes) is 2. The molecule has 2 heterocycles. The quantitative estimate of drug-likeness (QED) is 0.446. The van der Waals surface area contributed by atoms with Crippen LogP contribution in [-0.4, -0.2) is 23.9 Å². The van der Waals surface area contributed by atoms with Gasteiger partial charge >= 0.3 is 0 Å². The Morgan fingerprint density at radius 2 is 1.46 bits per heavy atom. The number of furan rings is 2. The normalized spacial score (nSPS) is 10.7. The van der Waals surface area contributed by atoms with Crippen molar-refractivity contribution in [3.05, 3.63) is 60.5 Å². The third-order valence-corrected chi connectivity index (χ3v) is 4.01. The van der Waals surface area contributed by atoms with Crippen LogP contribution in [0.2, 0.25) is 0 Å². The zero-order valence-electron chi connectivity index (χ0n) is 14.5. The van der Waals surface area contributed by atoms with E-state index in [2.05, 4.69) is 6.58 Å². The highest BCUT2D eigenvalue weighted by atomic mass is 16.3. The summed E-state index contributed by atoms with van der Waals surface area (Å²) >= 11 is 0. The maximum absolute atomic E-state index is 12.3. The van der Waals surface area contributed by atoms with Crippen molar-refractivity contribution in [1.29, 1.82) is 0 Å². The molecular formula is C20H27NO3. The second-order valence-electron chi connectivity index (χ2n) is 6.15. The van der Waals surface area contributed by atoms with E-state index in [4.69, 9.17) is 8.83 Å². The highest BCUT2D eigenvalue weighted by molar-refractivity contribution is 5.92. The van der Waals surface area contributed by atoms with Gasteiger partial charge in [0, 0.05) is 31.5 Å². The molecule has 1 amide bonds. The van der Waals surface area contributed by atoms with Gasteiger partial charge in [0.25, 0.3) is 0 Å². The molecule has 4 nitrogen and oxygen atoms in total. The number of carbonyl (C=O) groups is 1. The minimum absolute atomic E-state index is 0.0611. The van der Waals surface area contributed by atoms with Gasteiger partial charge in [0.1, 0.15) is 11.5 Å².